The Bertz CT molecular complexity index is 198. The Balaban J connectivity index is 2.03. The van der Waals surface area contributed by atoms with Crippen molar-refractivity contribution < 1.29 is 19.4 Å². The molecule has 0 aromatic rings. The molecule has 1 fully saturated rings. The number of carbonyl (C=O) groups excluding carboxylic acids is 1. The molecule has 0 saturated carbocycles. The monoisotopic (exact) mass is 217 g/mol. The molecule has 0 radical (unpaired) electrons. The summed E-state index contributed by atoms with van der Waals surface area (Å²) in [5.74, 6) is 0.0183. The average Bonchev–Trinajstić information content (AvgIpc) is 2.64. The maximum absolute atomic E-state index is 11.5. The highest BCUT2D eigenvalue weighted by Crippen LogP contribution is 2.18. The highest BCUT2D eigenvalue weighted by Gasteiger charge is 2.27. The van der Waals surface area contributed by atoms with Gasteiger partial charge >= 0.3 is 0 Å². The predicted octanol–water partition coefficient (Wildman–Crippen LogP) is -0.463. The Hall–Kier alpha value is -0.650. The summed E-state index contributed by atoms with van der Waals surface area (Å²) in [6.45, 7) is 3.75. The fourth-order valence-corrected chi connectivity index (χ4v) is 1.56. The molecule has 0 aromatic heterocycles. The third-order valence-corrected chi connectivity index (χ3v) is 2.35. The van der Waals surface area contributed by atoms with E-state index in [1.54, 1.807) is 0 Å². The molecule has 0 aromatic carbocycles. The first kappa shape index (κ1) is 12.4. The van der Waals surface area contributed by atoms with E-state index in [2.05, 4.69) is 5.32 Å². The van der Waals surface area contributed by atoms with Crippen LogP contribution in [0.5, 0.6) is 0 Å². The van der Waals surface area contributed by atoms with E-state index in [-0.39, 0.29) is 24.5 Å². The highest BCUT2D eigenvalue weighted by molar-refractivity contribution is 5.79. The van der Waals surface area contributed by atoms with Crippen LogP contribution < -0.4 is 5.32 Å². The Kier molecular flexibility index (Phi) is 5.60. The lowest BCUT2D eigenvalue weighted by Crippen LogP contribution is -2.33. The smallest absolute Gasteiger partial charge is 0.225 e. The second kappa shape index (κ2) is 6.76. The summed E-state index contributed by atoms with van der Waals surface area (Å²) < 4.78 is 10.3. The van der Waals surface area contributed by atoms with E-state index in [4.69, 9.17) is 14.6 Å². The first-order chi connectivity index (χ1) is 7.24. The summed E-state index contributed by atoms with van der Waals surface area (Å²) in [7, 11) is 0. The second-order valence-electron chi connectivity index (χ2n) is 3.70. The Labute approximate surface area is 89.8 Å². The number of amides is 1. The predicted molar refractivity (Wildman–Crippen MR) is 54.4 cm³/mol. The van der Waals surface area contributed by atoms with E-state index in [1.165, 1.54) is 0 Å². The van der Waals surface area contributed by atoms with Crippen LogP contribution in [0.3, 0.4) is 0 Å². The molecule has 15 heavy (non-hydrogen) atoms. The molecule has 2 atom stereocenters. The van der Waals surface area contributed by atoms with Crippen LogP contribution in [-0.2, 0) is 14.3 Å². The van der Waals surface area contributed by atoms with Gasteiger partial charge in [-0.3, -0.25) is 4.79 Å². The third kappa shape index (κ3) is 4.59. The van der Waals surface area contributed by atoms with Gasteiger partial charge in [0.15, 0.2) is 0 Å². The molecule has 1 rings (SSSR count). The number of aliphatic hydroxyl groups excluding tert-OH is 1. The minimum atomic E-state index is -0.0159. The van der Waals surface area contributed by atoms with Crippen molar-refractivity contribution in [3.63, 3.8) is 0 Å². The molecule has 1 saturated heterocycles. The molecule has 0 aliphatic carbocycles. The van der Waals surface area contributed by atoms with Crippen molar-refractivity contribution in [2.75, 3.05) is 33.0 Å². The van der Waals surface area contributed by atoms with Crippen molar-refractivity contribution in [2.24, 2.45) is 5.92 Å². The summed E-state index contributed by atoms with van der Waals surface area (Å²) in [6, 6.07) is 0. The molecule has 5 heteroatoms. The third-order valence-electron chi connectivity index (χ3n) is 2.35. The van der Waals surface area contributed by atoms with Crippen LogP contribution in [0, 0.1) is 5.92 Å². The van der Waals surface area contributed by atoms with E-state index in [1.807, 2.05) is 6.92 Å². The fourth-order valence-electron chi connectivity index (χ4n) is 1.56. The van der Waals surface area contributed by atoms with Gasteiger partial charge in [0, 0.05) is 6.54 Å². The van der Waals surface area contributed by atoms with E-state index in [0.717, 1.165) is 6.42 Å². The first-order valence-electron chi connectivity index (χ1n) is 5.32. The van der Waals surface area contributed by atoms with Gasteiger partial charge in [0.2, 0.25) is 5.91 Å². The minimum absolute atomic E-state index is 0.0158. The second-order valence-corrected chi connectivity index (χ2v) is 3.70. The normalized spacial score (nSPS) is 25.5. The minimum Gasteiger partial charge on any atom is -0.394 e. The van der Waals surface area contributed by atoms with Gasteiger partial charge in [0.1, 0.15) is 0 Å². The number of aliphatic hydroxyl groups is 1. The molecule has 1 amide bonds. The quantitative estimate of drug-likeness (QED) is 0.591. The Morgan fingerprint density at radius 1 is 1.60 bits per heavy atom. The Morgan fingerprint density at radius 2 is 2.40 bits per heavy atom. The molecule has 88 valence electrons. The molecular formula is C10H19NO4. The molecular weight excluding hydrogens is 198 g/mol. The van der Waals surface area contributed by atoms with Crippen molar-refractivity contribution in [1.29, 1.82) is 0 Å². The molecule has 1 aliphatic heterocycles. The molecule has 2 N–H and O–H groups in total. The SMILES string of the molecule is CC1CC(C(=O)NCCOCCO)CO1. The molecule has 1 aliphatic rings. The number of hydrogen-bond acceptors (Lipinski definition) is 4. The van der Waals surface area contributed by atoms with Crippen LogP contribution in [0.15, 0.2) is 0 Å². The number of hydrogen-bond donors (Lipinski definition) is 2. The summed E-state index contributed by atoms with van der Waals surface area (Å²) in [4.78, 5) is 11.5. The average molecular weight is 217 g/mol. The topological polar surface area (TPSA) is 67.8 Å². The van der Waals surface area contributed by atoms with Crippen LogP contribution >= 0.6 is 0 Å². The van der Waals surface area contributed by atoms with Gasteiger partial charge in [-0.1, -0.05) is 0 Å². The number of rotatable bonds is 6. The molecule has 2 unspecified atom stereocenters. The van der Waals surface area contributed by atoms with E-state index in [0.29, 0.717) is 26.4 Å². The molecule has 0 bridgehead atoms. The number of nitrogens with one attached hydrogen (secondary N) is 1. The van der Waals surface area contributed by atoms with Gasteiger partial charge in [0.25, 0.3) is 0 Å². The molecule has 5 nitrogen and oxygen atoms in total. The van der Waals surface area contributed by atoms with Gasteiger partial charge in [-0.2, -0.15) is 0 Å². The zero-order valence-electron chi connectivity index (χ0n) is 9.07. The largest absolute Gasteiger partial charge is 0.394 e. The van der Waals surface area contributed by atoms with Gasteiger partial charge in [-0.25, -0.2) is 0 Å². The number of ether oxygens (including phenoxy) is 2. The first-order valence-corrected chi connectivity index (χ1v) is 5.32. The zero-order valence-corrected chi connectivity index (χ0v) is 9.07. The van der Waals surface area contributed by atoms with Gasteiger partial charge in [-0.05, 0) is 13.3 Å². The lowest BCUT2D eigenvalue weighted by molar-refractivity contribution is -0.125. The van der Waals surface area contributed by atoms with Crippen molar-refractivity contribution in [1.82, 2.24) is 5.32 Å². The maximum Gasteiger partial charge on any atom is 0.225 e. The van der Waals surface area contributed by atoms with Crippen molar-refractivity contribution in [3.05, 3.63) is 0 Å². The van der Waals surface area contributed by atoms with Crippen LogP contribution in [0.1, 0.15) is 13.3 Å². The van der Waals surface area contributed by atoms with E-state index >= 15 is 0 Å². The summed E-state index contributed by atoms with van der Waals surface area (Å²) in [5.41, 5.74) is 0. The van der Waals surface area contributed by atoms with Crippen LogP contribution in [-0.4, -0.2) is 50.1 Å². The highest BCUT2D eigenvalue weighted by atomic mass is 16.5. The standard InChI is InChI=1S/C10H19NO4/c1-8-6-9(7-15-8)10(13)11-2-4-14-5-3-12/h8-9,12H,2-7H2,1H3,(H,11,13). The molecule has 1 heterocycles. The van der Waals surface area contributed by atoms with E-state index < -0.39 is 0 Å². The Morgan fingerprint density at radius 3 is 3.00 bits per heavy atom. The lowest BCUT2D eigenvalue weighted by atomic mass is 10.1. The maximum atomic E-state index is 11.5. The van der Waals surface area contributed by atoms with Gasteiger partial charge in [-0.15, -0.1) is 0 Å². The van der Waals surface area contributed by atoms with E-state index in [9.17, 15) is 4.79 Å². The van der Waals surface area contributed by atoms with Crippen molar-refractivity contribution in [3.8, 4) is 0 Å². The van der Waals surface area contributed by atoms with Crippen LogP contribution in [0.25, 0.3) is 0 Å². The van der Waals surface area contributed by atoms with Crippen molar-refractivity contribution >= 4 is 5.91 Å². The summed E-state index contributed by atoms with van der Waals surface area (Å²) in [6.07, 6.45) is 0.981. The van der Waals surface area contributed by atoms with Crippen LogP contribution in [0.4, 0.5) is 0 Å². The number of carbonyl (C=O) groups is 1. The summed E-state index contributed by atoms with van der Waals surface area (Å²) >= 11 is 0. The molecule has 0 spiro atoms. The lowest BCUT2D eigenvalue weighted by Gasteiger charge is -2.09. The van der Waals surface area contributed by atoms with Crippen molar-refractivity contribution in [2.45, 2.75) is 19.4 Å². The van der Waals surface area contributed by atoms with Gasteiger partial charge < -0.3 is 19.9 Å². The fraction of sp³-hybridized carbons (Fsp3) is 0.900. The zero-order chi connectivity index (χ0) is 11.1. The van der Waals surface area contributed by atoms with Crippen LogP contribution in [0.2, 0.25) is 0 Å². The summed E-state index contributed by atoms with van der Waals surface area (Å²) in [5, 5.41) is 11.2. The van der Waals surface area contributed by atoms with Gasteiger partial charge in [0.05, 0.1) is 38.4 Å².